The van der Waals surface area contributed by atoms with Crippen molar-refractivity contribution in [2.45, 2.75) is 32.9 Å². The molecule has 0 aliphatic carbocycles. The Labute approximate surface area is 106 Å². The lowest BCUT2D eigenvalue weighted by Gasteiger charge is -2.19. The summed E-state index contributed by atoms with van der Waals surface area (Å²) in [6.45, 7) is 5.45. The van der Waals surface area contributed by atoms with Gasteiger partial charge in [0.05, 0.1) is 15.2 Å². The van der Waals surface area contributed by atoms with Crippen molar-refractivity contribution in [2.24, 2.45) is 0 Å². The molecule has 0 spiro atoms. The van der Waals surface area contributed by atoms with E-state index >= 15 is 0 Å². The van der Waals surface area contributed by atoms with Gasteiger partial charge in [0.2, 0.25) is 0 Å². The highest BCUT2D eigenvalue weighted by Gasteiger charge is 2.16. The van der Waals surface area contributed by atoms with Crippen LogP contribution in [0.2, 0.25) is 0 Å². The Morgan fingerprint density at radius 2 is 2.25 bits per heavy atom. The number of carbonyl (C=O) groups is 1. The molecule has 16 heavy (non-hydrogen) atoms. The van der Waals surface area contributed by atoms with Crippen LogP contribution >= 0.6 is 27.3 Å². The molecule has 0 fully saturated rings. The summed E-state index contributed by atoms with van der Waals surface area (Å²) in [7, 11) is 0. The molecule has 0 radical (unpaired) electrons. The normalized spacial score (nSPS) is 11.3. The number of nitrogens with one attached hydrogen (secondary N) is 1. The maximum Gasteiger partial charge on any atom is 0.407 e. The molecule has 3 nitrogen and oxygen atoms in total. The van der Waals surface area contributed by atoms with Gasteiger partial charge >= 0.3 is 6.09 Å². The van der Waals surface area contributed by atoms with Crippen LogP contribution < -0.4 is 5.32 Å². The van der Waals surface area contributed by atoms with E-state index in [9.17, 15) is 9.18 Å². The third kappa shape index (κ3) is 4.49. The largest absolute Gasteiger partial charge is 0.444 e. The molecule has 1 rings (SSSR count). The van der Waals surface area contributed by atoms with E-state index in [2.05, 4.69) is 21.2 Å². The first-order valence-corrected chi connectivity index (χ1v) is 6.29. The minimum Gasteiger partial charge on any atom is -0.444 e. The Hall–Kier alpha value is -0.620. The predicted molar refractivity (Wildman–Crippen MR) is 65.1 cm³/mol. The zero-order chi connectivity index (χ0) is 12.3. The van der Waals surface area contributed by atoms with Crippen LogP contribution in [0.1, 0.15) is 25.6 Å². The lowest BCUT2D eigenvalue weighted by Crippen LogP contribution is -2.32. The van der Waals surface area contributed by atoms with Crippen LogP contribution in [0.25, 0.3) is 0 Å². The molecule has 0 bridgehead atoms. The quantitative estimate of drug-likeness (QED) is 0.905. The molecule has 0 unspecified atom stereocenters. The Morgan fingerprint density at radius 3 is 2.69 bits per heavy atom. The van der Waals surface area contributed by atoms with Crippen molar-refractivity contribution >= 4 is 33.4 Å². The van der Waals surface area contributed by atoms with Crippen molar-refractivity contribution < 1.29 is 13.9 Å². The molecule has 0 atom stereocenters. The molecule has 0 aromatic carbocycles. The molecule has 1 aromatic heterocycles. The van der Waals surface area contributed by atoms with E-state index in [-0.39, 0.29) is 12.4 Å². The predicted octanol–water partition coefficient (Wildman–Crippen LogP) is 3.67. The average Bonchev–Trinajstić information content (AvgIpc) is 2.38. The zero-order valence-corrected chi connectivity index (χ0v) is 11.7. The molecule has 1 aromatic rings. The van der Waals surface area contributed by atoms with E-state index in [4.69, 9.17) is 4.74 Å². The van der Waals surface area contributed by atoms with Crippen LogP contribution in [-0.2, 0) is 11.3 Å². The first kappa shape index (κ1) is 13.4. The van der Waals surface area contributed by atoms with Gasteiger partial charge < -0.3 is 10.1 Å². The van der Waals surface area contributed by atoms with Gasteiger partial charge in [0.15, 0.2) is 0 Å². The maximum atomic E-state index is 13.2. The number of hydrogen-bond donors (Lipinski definition) is 1. The van der Waals surface area contributed by atoms with Crippen molar-refractivity contribution in [1.29, 1.82) is 0 Å². The van der Waals surface area contributed by atoms with Gasteiger partial charge in [-0.1, -0.05) is 0 Å². The summed E-state index contributed by atoms with van der Waals surface area (Å²) < 4.78 is 18.9. The summed E-state index contributed by atoms with van der Waals surface area (Å²) in [5, 5.41) is 2.50. The molecule has 6 heteroatoms. The number of alkyl carbamates (subject to hydrolysis) is 1. The number of thiophene rings is 1. The number of rotatable bonds is 2. The van der Waals surface area contributed by atoms with Gasteiger partial charge in [-0.25, -0.2) is 9.18 Å². The van der Waals surface area contributed by atoms with E-state index in [1.165, 1.54) is 17.4 Å². The second-order valence-corrected chi connectivity index (χ2v) is 6.69. The van der Waals surface area contributed by atoms with E-state index in [0.717, 1.165) is 0 Å². The van der Waals surface area contributed by atoms with Gasteiger partial charge in [0, 0.05) is 0 Å². The van der Waals surface area contributed by atoms with Crippen LogP contribution in [0, 0.1) is 5.82 Å². The molecule has 90 valence electrons. The Kier molecular flexibility index (Phi) is 4.32. The second-order valence-electron chi connectivity index (χ2n) is 4.18. The van der Waals surface area contributed by atoms with E-state index in [1.807, 2.05) is 0 Å². The standard InChI is InChI=1S/C10H13BrFNO2S/c1-10(2,3)15-9(14)13-5-7-6(12)4-8(11)16-7/h4H,5H2,1-3H3,(H,13,14). The highest BCUT2D eigenvalue weighted by atomic mass is 79.9. The van der Waals surface area contributed by atoms with Gasteiger partial charge in [0.25, 0.3) is 0 Å². The molecule has 1 heterocycles. The SMILES string of the molecule is CC(C)(C)OC(=O)NCc1sc(Br)cc1F. The highest BCUT2D eigenvalue weighted by molar-refractivity contribution is 9.11. The monoisotopic (exact) mass is 309 g/mol. The van der Waals surface area contributed by atoms with Crippen molar-refractivity contribution in [2.75, 3.05) is 0 Å². The molecular weight excluding hydrogens is 297 g/mol. The van der Waals surface area contributed by atoms with Crippen LogP contribution in [0.4, 0.5) is 9.18 Å². The minimum absolute atomic E-state index is 0.136. The van der Waals surface area contributed by atoms with Crippen LogP contribution in [0.5, 0.6) is 0 Å². The second kappa shape index (κ2) is 5.14. The van der Waals surface area contributed by atoms with Crippen molar-refractivity contribution in [3.05, 3.63) is 20.5 Å². The van der Waals surface area contributed by atoms with Crippen LogP contribution in [0.15, 0.2) is 9.85 Å². The first-order chi connectivity index (χ1) is 7.28. The third-order valence-electron chi connectivity index (χ3n) is 1.52. The summed E-state index contributed by atoms with van der Waals surface area (Å²) in [4.78, 5) is 11.8. The van der Waals surface area contributed by atoms with E-state index < -0.39 is 11.7 Å². The Balaban J connectivity index is 2.46. The van der Waals surface area contributed by atoms with Gasteiger partial charge in [-0.05, 0) is 42.8 Å². The van der Waals surface area contributed by atoms with E-state index in [1.54, 1.807) is 20.8 Å². The number of amides is 1. The average molecular weight is 310 g/mol. The Bertz CT molecular complexity index is 387. The number of ether oxygens (including phenoxy) is 1. The molecule has 0 aliphatic rings. The van der Waals surface area contributed by atoms with Crippen LogP contribution in [0.3, 0.4) is 0 Å². The molecule has 1 N–H and O–H groups in total. The molecule has 0 saturated carbocycles. The molecule has 0 saturated heterocycles. The topological polar surface area (TPSA) is 38.3 Å². The van der Waals surface area contributed by atoms with Crippen molar-refractivity contribution in [3.8, 4) is 0 Å². The highest BCUT2D eigenvalue weighted by Crippen LogP contribution is 2.25. The summed E-state index contributed by atoms with van der Waals surface area (Å²) in [5.41, 5.74) is -0.543. The van der Waals surface area contributed by atoms with E-state index in [0.29, 0.717) is 8.66 Å². The molecular formula is C10H13BrFNO2S. The third-order valence-corrected chi connectivity index (χ3v) is 3.13. The fraction of sp³-hybridized carbons (Fsp3) is 0.500. The number of halogens is 2. The fourth-order valence-electron chi connectivity index (χ4n) is 0.963. The Morgan fingerprint density at radius 1 is 1.62 bits per heavy atom. The van der Waals surface area contributed by atoms with Gasteiger partial charge in [-0.15, -0.1) is 11.3 Å². The van der Waals surface area contributed by atoms with Crippen LogP contribution in [-0.4, -0.2) is 11.7 Å². The summed E-state index contributed by atoms with van der Waals surface area (Å²) >= 11 is 4.42. The van der Waals surface area contributed by atoms with Crippen molar-refractivity contribution in [1.82, 2.24) is 5.32 Å². The van der Waals surface area contributed by atoms with Gasteiger partial charge in [-0.3, -0.25) is 0 Å². The number of carbonyl (C=O) groups excluding carboxylic acids is 1. The maximum absolute atomic E-state index is 13.2. The van der Waals surface area contributed by atoms with Gasteiger partial charge in [-0.2, -0.15) is 0 Å². The lowest BCUT2D eigenvalue weighted by atomic mass is 10.2. The zero-order valence-electron chi connectivity index (χ0n) is 9.27. The summed E-state index contributed by atoms with van der Waals surface area (Å²) in [6, 6.07) is 1.37. The summed E-state index contributed by atoms with van der Waals surface area (Å²) in [6.07, 6.45) is -0.545. The molecule has 0 aliphatic heterocycles. The lowest BCUT2D eigenvalue weighted by molar-refractivity contribution is 0.0524. The number of hydrogen-bond acceptors (Lipinski definition) is 3. The minimum atomic E-state index is -0.545. The van der Waals surface area contributed by atoms with Crippen molar-refractivity contribution in [3.63, 3.8) is 0 Å². The smallest absolute Gasteiger partial charge is 0.407 e. The molecule has 1 amide bonds. The van der Waals surface area contributed by atoms with Gasteiger partial charge in [0.1, 0.15) is 11.4 Å². The first-order valence-electron chi connectivity index (χ1n) is 4.68. The summed E-state index contributed by atoms with van der Waals surface area (Å²) in [5.74, 6) is -0.326. The fourth-order valence-corrected chi connectivity index (χ4v) is 2.45.